The molecule has 2 heterocycles. The van der Waals surface area contributed by atoms with Crippen molar-refractivity contribution in [1.29, 1.82) is 0 Å². The molecule has 33 heavy (non-hydrogen) atoms. The molecule has 1 amide bonds. The molecule has 3 rings (SSSR count). The lowest BCUT2D eigenvalue weighted by molar-refractivity contribution is 0.0185. The summed E-state index contributed by atoms with van der Waals surface area (Å²) in [7, 11) is 0. The van der Waals surface area contributed by atoms with E-state index in [1.807, 2.05) is 49.9 Å². The van der Waals surface area contributed by atoms with E-state index >= 15 is 0 Å². The fourth-order valence-corrected chi connectivity index (χ4v) is 3.93. The second-order valence-electron chi connectivity index (χ2n) is 9.04. The van der Waals surface area contributed by atoms with E-state index in [9.17, 15) is 4.79 Å². The number of carbonyl (C=O) groups is 1. The number of nitrogens with two attached hydrogens (primary N) is 1. The van der Waals surface area contributed by atoms with Crippen LogP contribution in [0.3, 0.4) is 0 Å². The number of carbonyl (C=O) groups excluding carboxylic acids is 1. The Kier molecular flexibility index (Phi) is 8.62. The zero-order valence-electron chi connectivity index (χ0n) is 19.3. The normalized spacial score (nSPS) is 16.2. The number of hydrogen-bond donors (Lipinski definition) is 1. The van der Waals surface area contributed by atoms with Crippen molar-refractivity contribution in [3.63, 3.8) is 0 Å². The van der Waals surface area contributed by atoms with E-state index in [4.69, 9.17) is 38.4 Å². The summed E-state index contributed by atoms with van der Waals surface area (Å²) in [4.78, 5) is 24.6. The number of nitrogens with zero attached hydrogens (tertiary/aromatic N) is 4. The number of ether oxygens (including phenoxy) is 2. The van der Waals surface area contributed by atoms with Gasteiger partial charge < -0.3 is 25.0 Å². The molecule has 0 spiro atoms. The van der Waals surface area contributed by atoms with Gasteiger partial charge in [-0.3, -0.25) is 0 Å². The standard InChI is InChI=1S/C23H31Cl2N5O3/c1-23(2,3)33-22(31)30(14-16-6-4-7-17(26)12-16)9-5-11-32-18-8-10-29(15-18)20-19(24)13-27-21(25)28-20/h4,6-7,12-13,18H,5,8-11,14-15,26H2,1-3H3. The summed E-state index contributed by atoms with van der Waals surface area (Å²) in [6.07, 6.45) is 2.74. The minimum absolute atomic E-state index is 0.0544. The van der Waals surface area contributed by atoms with Gasteiger partial charge in [-0.1, -0.05) is 23.7 Å². The molecule has 1 saturated heterocycles. The van der Waals surface area contributed by atoms with Crippen LogP contribution in [0.4, 0.5) is 16.3 Å². The summed E-state index contributed by atoms with van der Waals surface area (Å²) in [6, 6.07) is 7.51. The van der Waals surface area contributed by atoms with Crippen molar-refractivity contribution in [2.75, 3.05) is 36.9 Å². The van der Waals surface area contributed by atoms with Gasteiger partial charge in [0.05, 0.1) is 12.3 Å². The van der Waals surface area contributed by atoms with Crippen molar-refractivity contribution >= 4 is 40.8 Å². The van der Waals surface area contributed by atoms with Crippen LogP contribution in [0.25, 0.3) is 0 Å². The molecule has 2 N–H and O–H groups in total. The number of amides is 1. The van der Waals surface area contributed by atoms with Crippen LogP contribution in [0.5, 0.6) is 0 Å². The van der Waals surface area contributed by atoms with Crippen molar-refractivity contribution in [1.82, 2.24) is 14.9 Å². The Labute approximate surface area is 205 Å². The number of benzene rings is 1. The van der Waals surface area contributed by atoms with Gasteiger partial charge >= 0.3 is 6.09 Å². The van der Waals surface area contributed by atoms with E-state index in [0.717, 1.165) is 18.5 Å². The molecule has 2 aromatic rings. The molecule has 0 aliphatic carbocycles. The Balaban J connectivity index is 1.51. The Morgan fingerprint density at radius 2 is 2.12 bits per heavy atom. The highest BCUT2D eigenvalue weighted by Gasteiger charge is 2.26. The minimum Gasteiger partial charge on any atom is -0.444 e. The van der Waals surface area contributed by atoms with Gasteiger partial charge in [-0.15, -0.1) is 0 Å². The lowest BCUT2D eigenvalue weighted by atomic mass is 10.2. The van der Waals surface area contributed by atoms with Crippen LogP contribution in [-0.2, 0) is 16.0 Å². The molecule has 1 atom stereocenters. The molecule has 1 aromatic carbocycles. The first-order valence-corrected chi connectivity index (χ1v) is 11.7. The highest BCUT2D eigenvalue weighted by molar-refractivity contribution is 6.33. The Morgan fingerprint density at radius 1 is 1.33 bits per heavy atom. The highest BCUT2D eigenvalue weighted by Crippen LogP contribution is 2.27. The molecule has 1 unspecified atom stereocenters. The van der Waals surface area contributed by atoms with E-state index in [1.165, 1.54) is 6.20 Å². The molecule has 0 bridgehead atoms. The van der Waals surface area contributed by atoms with Crippen molar-refractivity contribution in [3.05, 3.63) is 46.3 Å². The van der Waals surface area contributed by atoms with Crippen molar-refractivity contribution in [3.8, 4) is 0 Å². The summed E-state index contributed by atoms with van der Waals surface area (Å²) >= 11 is 12.1. The molecule has 180 valence electrons. The molecule has 1 aliphatic rings. The lowest BCUT2D eigenvalue weighted by Crippen LogP contribution is -2.37. The Bertz CT molecular complexity index is 954. The van der Waals surface area contributed by atoms with Gasteiger partial charge in [0, 0.05) is 38.5 Å². The number of nitrogen functional groups attached to an aromatic ring is 1. The van der Waals surface area contributed by atoms with Gasteiger partial charge in [0.15, 0.2) is 5.82 Å². The van der Waals surface area contributed by atoms with E-state index in [-0.39, 0.29) is 17.5 Å². The minimum atomic E-state index is -0.569. The van der Waals surface area contributed by atoms with Gasteiger partial charge in [0.1, 0.15) is 10.6 Å². The van der Waals surface area contributed by atoms with Crippen LogP contribution >= 0.6 is 23.2 Å². The third kappa shape index (κ3) is 7.91. The van der Waals surface area contributed by atoms with Gasteiger partial charge in [-0.05, 0) is 62.9 Å². The van der Waals surface area contributed by atoms with E-state index in [0.29, 0.717) is 49.2 Å². The molecule has 1 aromatic heterocycles. The molecule has 0 saturated carbocycles. The smallest absolute Gasteiger partial charge is 0.410 e. The largest absolute Gasteiger partial charge is 0.444 e. The first-order valence-electron chi connectivity index (χ1n) is 11.0. The van der Waals surface area contributed by atoms with Gasteiger partial charge in [0.2, 0.25) is 5.28 Å². The van der Waals surface area contributed by atoms with E-state index in [1.54, 1.807) is 4.90 Å². The maximum Gasteiger partial charge on any atom is 0.410 e. The molecule has 10 heteroatoms. The zero-order chi connectivity index (χ0) is 24.0. The van der Waals surface area contributed by atoms with Crippen LogP contribution in [0.15, 0.2) is 30.5 Å². The summed E-state index contributed by atoms with van der Waals surface area (Å²) in [6.45, 7) is 8.47. The summed E-state index contributed by atoms with van der Waals surface area (Å²) in [5.41, 5.74) is 6.94. The topological polar surface area (TPSA) is 93.8 Å². The average Bonchev–Trinajstić information content (AvgIpc) is 3.19. The maximum absolute atomic E-state index is 12.7. The first-order chi connectivity index (χ1) is 15.6. The molecule has 8 nitrogen and oxygen atoms in total. The van der Waals surface area contributed by atoms with Crippen LogP contribution in [-0.4, -0.2) is 58.9 Å². The third-order valence-corrected chi connectivity index (χ3v) is 5.49. The molecule has 1 fully saturated rings. The van der Waals surface area contributed by atoms with Crippen LogP contribution in [0.1, 0.15) is 39.2 Å². The van der Waals surface area contributed by atoms with E-state index < -0.39 is 5.60 Å². The van der Waals surface area contributed by atoms with Gasteiger partial charge in [0.25, 0.3) is 0 Å². The van der Waals surface area contributed by atoms with Crippen molar-refractivity contribution in [2.24, 2.45) is 0 Å². The second kappa shape index (κ2) is 11.2. The van der Waals surface area contributed by atoms with Crippen LogP contribution in [0.2, 0.25) is 10.3 Å². The summed E-state index contributed by atoms with van der Waals surface area (Å²) < 4.78 is 11.7. The highest BCUT2D eigenvalue weighted by atomic mass is 35.5. The Morgan fingerprint density at radius 3 is 2.85 bits per heavy atom. The van der Waals surface area contributed by atoms with Crippen LogP contribution in [0, 0.1) is 0 Å². The predicted molar refractivity (Wildman–Crippen MR) is 131 cm³/mol. The fourth-order valence-electron chi connectivity index (χ4n) is 3.59. The van der Waals surface area contributed by atoms with Gasteiger partial charge in [-0.2, -0.15) is 4.98 Å². The van der Waals surface area contributed by atoms with Crippen LogP contribution < -0.4 is 10.6 Å². The third-order valence-electron chi connectivity index (χ3n) is 5.04. The van der Waals surface area contributed by atoms with E-state index in [2.05, 4.69) is 9.97 Å². The molecular weight excluding hydrogens is 465 g/mol. The number of rotatable bonds is 8. The van der Waals surface area contributed by atoms with Crippen molar-refractivity contribution in [2.45, 2.75) is 51.9 Å². The number of halogens is 2. The maximum atomic E-state index is 12.7. The summed E-state index contributed by atoms with van der Waals surface area (Å²) in [5, 5.41) is 0.635. The zero-order valence-corrected chi connectivity index (χ0v) is 20.8. The molecule has 1 aliphatic heterocycles. The van der Waals surface area contributed by atoms with Crippen molar-refractivity contribution < 1.29 is 14.3 Å². The molecule has 0 radical (unpaired) electrons. The first kappa shape index (κ1) is 25.3. The predicted octanol–water partition coefficient (Wildman–Crippen LogP) is 4.79. The quantitative estimate of drug-likeness (QED) is 0.319. The number of aromatic nitrogens is 2. The SMILES string of the molecule is CC(C)(C)OC(=O)N(CCCOC1CCN(c2nc(Cl)ncc2Cl)C1)Cc1cccc(N)c1. The summed E-state index contributed by atoms with van der Waals surface area (Å²) in [5.74, 6) is 0.626. The number of anilines is 2. The Hall–Kier alpha value is -2.29. The van der Waals surface area contributed by atoms with Gasteiger partial charge in [-0.25, -0.2) is 9.78 Å². The monoisotopic (exact) mass is 495 g/mol. The lowest BCUT2D eigenvalue weighted by Gasteiger charge is -2.27. The average molecular weight is 496 g/mol. The molecular formula is C23H31Cl2N5O3. The number of hydrogen-bond acceptors (Lipinski definition) is 7. The fraction of sp³-hybridized carbons (Fsp3) is 0.522. The second-order valence-corrected chi connectivity index (χ2v) is 9.78.